The molecule has 2 atom stereocenters. The zero-order chi connectivity index (χ0) is 21.5. The third kappa shape index (κ3) is 2.17. The maximum atomic E-state index is 13.9. The van der Waals surface area contributed by atoms with Gasteiger partial charge in [-0.05, 0) is 75.5 Å². The summed E-state index contributed by atoms with van der Waals surface area (Å²) in [4.78, 5) is 42.0. The Morgan fingerprint density at radius 1 is 0.903 bits per heavy atom. The van der Waals surface area contributed by atoms with Gasteiger partial charge >= 0.3 is 0 Å². The minimum atomic E-state index is -1.15. The number of benzene rings is 3. The van der Waals surface area contributed by atoms with E-state index in [0.717, 1.165) is 37.7 Å². The quantitative estimate of drug-likeness (QED) is 0.288. The number of carbonyl (C=O) groups is 3. The first-order valence-corrected chi connectivity index (χ1v) is 11.4. The second kappa shape index (κ2) is 6.36. The minimum Gasteiger partial charge on any atom is -0.302 e. The predicted octanol–water partition coefficient (Wildman–Crippen LogP) is 4.35. The molecule has 7 rings (SSSR count). The lowest BCUT2D eigenvalue weighted by Crippen LogP contribution is -2.54. The molecule has 0 N–H and O–H groups in total. The summed E-state index contributed by atoms with van der Waals surface area (Å²) in [7, 11) is 0. The van der Waals surface area contributed by atoms with Gasteiger partial charge in [0.2, 0.25) is 11.8 Å². The Labute approximate surface area is 193 Å². The van der Waals surface area contributed by atoms with Crippen molar-refractivity contribution in [3.05, 3.63) is 98.1 Å². The lowest BCUT2D eigenvalue weighted by Gasteiger charge is -2.51. The number of halogens is 1. The van der Waals surface area contributed by atoms with Crippen molar-refractivity contribution in [1.29, 1.82) is 0 Å². The molecule has 4 nitrogen and oxygen atoms in total. The highest BCUT2D eigenvalue weighted by Gasteiger charge is 2.68. The third-order valence-electron chi connectivity index (χ3n) is 7.27. The molecule has 3 aliphatic carbocycles. The summed E-state index contributed by atoms with van der Waals surface area (Å²) >= 11 is 2.22. The molecule has 31 heavy (non-hydrogen) atoms. The molecule has 152 valence electrons. The number of hydrogen-bond donors (Lipinski definition) is 0. The van der Waals surface area contributed by atoms with Crippen LogP contribution >= 0.6 is 22.6 Å². The number of nitrogens with zero attached hydrogens (tertiary/aromatic N) is 1. The summed E-state index contributed by atoms with van der Waals surface area (Å²) in [5.41, 5.74) is 4.02. The number of imide groups is 1. The summed E-state index contributed by atoms with van der Waals surface area (Å²) in [6.45, 7) is 1.91. The first kappa shape index (κ1) is 18.9. The van der Waals surface area contributed by atoms with Crippen LogP contribution in [0.25, 0.3) is 0 Å². The van der Waals surface area contributed by atoms with Crippen LogP contribution in [0, 0.1) is 22.3 Å². The van der Waals surface area contributed by atoms with Crippen LogP contribution in [0.1, 0.15) is 33.7 Å². The Hall–Kier alpha value is -2.80. The van der Waals surface area contributed by atoms with E-state index < -0.39 is 17.3 Å². The van der Waals surface area contributed by atoms with Gasteiger partial charge < -0.3 is 4.79 Å². The number of carbonyl (C=O) groups excluding carboxylic acids is 3. The SMILES string of the molecule is Cc1cc(I)ccc1N1C(=O)C2C3c4ccccc4C(C=O)(c4ccccc43)C2C1=O. The Morgan fingerprint density at radius 3 is 2.10 bits per heavy atom. The van der Waals surface area contributed by atoms with Gasteiger partial charge in [-0.2, -0.15) is 0 Å². The van der Waals surface area contributed by atoms with Gasteiger partial charge in [0.05, 0.1) is 22.9 Å². The van der Waals surface area contributed by atoms with Gasteiger partial charge in [-0.3, -0.25) is 9.59 Å². The molecule has 0 radical (unpaired) electrons. The van der Waals surface area contributed by atoms with Crippen LogP contribution in [0.3, 0.4) is 0 Å². The lowest BCUT2D eigenvalue weighted by molar-refractivity contribution is -0.128. The molecule has 3 aromatic carbocycles. The summed E-state index contributed by atoms with van der Waals surface area (Å²) in [6, 6.07) is 21.3. The van der Waals surface area contributed by atoms with Gasteiger partial charge in [-0.1, -0.05) is 48.5 Å². The average Bonchev–Trinajstić information content (AvgIpc) is 3.05. The van der Waals surface area contributed by atoms with Crippen LogP contribution in [0.5, 0.6) is 0 Å². The molecule has 0 saturated carbocycles. The van der Waals surface area contributed by atoms with E-state index in [4.69, 9.17) is 0 Å². The maximum Gasteiger partial charge on any atom is 0.239 e. The highest BCUT2D eigenvalue weighted by molar-refractivity contribution is 14.1. The van der Waals surface area contributed by atoms with Crippen LogP contribution in [0.2, 0.25) is 0 Å². The molecular formula is C26H18INO3. The van der Waals surface area contributed by atoms with Gasteiger partial charge in [0.25, 0.3) is 0 Å². The molecule has 2 amide bonds. The van der Waals surface area contributed by atoms with Crippen molar-refractivity contribution < 1.29 is 14.4 Å². The van der Waals surface area contributed by atoms with Crippen LogP contribution in [-0.4, -0.2) is 18.1 Å². The van der Waals surface area contributed by atoms with Crippen molar-refractivity contribution in [2.45, 2.75) is 18.3 Å². The van der Waals surface area contributed by atoms with E-state index in [0.29, 0.717) is 5.69 Å². The van der Waals surface area contributed by atoms with Gasteiger partial charge in [0, 0.05) is 9.49 Å². The van der Waals surface area contributed by atoms with E-state index in [2.05, 4.69) is 22.6 Å². The monoisotopic (exact) mass is 519 g/mol. The Morgan fingerprint density at radius 2 is 1.52 bits per heavy atom. The largest absolute Gasteiger partial charge is 0.302 e. The molecule has 0 spiro atoms. The number of aldehydes is 1. The molecule has 2 bridgehead atoms. The molecular weight excluding hydrogens is 501 g/mol. The van der Waals surface area contributed by atoms with Crippen molar-refractivity contribution >= 4 is 46.4 Å². The number of anilines is 1. The van der Waals surface area contributed by atoms with Crippen LogP contribution in [0.15, 0.2) is 66.7 Å². The average molecular weight is 519 g/mol. The van der Waals surface area contributed by atoms with E-state index in [1.807, 2.05) is 73.7 Å². The Bertz CT molecular complexity index is 1270. The van der Waals surface area contributed by atoms with Crippen LogP contribution < -0.4 is 4.90 Å². The van der Waals surface area contributed by atoms with Crippen molar-refractivity contribution in [2.24, 2.45) is 11.8 Å². The second-order valence-corrected chi connectivity index (χ2v) is 9.83. The van der Waals surface area contributed by atoms with Gasteiger partial charge in [-0.25, -0.2) is 4.90 Å². The summed E-state index contributed by atoms with van der Waals surface area (Å²) in [6.07, 6.45) is 0.910. The molecule has 1 fully saturated rings. The summed E-state index contributed by atoms with van der Waals surface area (Å²) in [5, 5.41) is 0. The van der Waals surface area contributed by atoms with Crippen molar-refractivity contribution in [3.63, 3.8) is 0 Å². The van der Waals surface area contributed by atoms with Crippen LogP contribution in [-0.2, 0) is 19.8 Å². The zero-order valence-corrected chi connectivity index (χ0v) is 18.9. The Balaban J connectivity index is 1.65. The van der Waals surface area contributed by atoms with E-state index in [9.17, 15) is 14.4 Å². The topological polar surface area (TPSA) is 54.5 Å². The molecule has 4 aliphatic rings. The first-order chi connectivity index (χ1) is 15.0. The van der Waals surface area contributed by atoms with Crippen molar-refractivity contribution in [1.82, 2.24) is 0 Å². The van der Waals surface area contributed by atoms with E-state index >= 15 is 0 Å². The molecule has 1 saturated heterocycles. The van der Waals surface area contributed by atoms with E-state index in [1.54, 1.807) is 0 Å². The lowest BCUT2D eigenvalue weighted by atomic mass is 9.48. The number of hydrogen-bond acceptors (Lipinski definition) is 3. The first-order valence-electron chi connectivity index (χ1n) is 10.3. The summed E-state index contributed by atoms with van der Waals surface area (Å²) in [5.74, 6) is -2.03. The minimum absolute atomic E-state index is 0.209. The summed E-state index contributed by atoms with van der Waals surface area (Å²) < 4.78 is 1.04. The van der Waals surface area contributed by atoms with E-state index in [1.165, 1.54) is 4.90 Å². The molecule has 2 unspecified atom stereocenters. The Kier molecular flexibility index (Phi) is 3.88. The standard InChI is InChI=1S/C26H18INO3/c1-14-12-15(27)10-11-20(14)28-24(30)22-21-16-6-2-4-8-18(16)26(13-29,23(22)25(28)31)19-9-5-3-7-17(19)21/h2-13,21-23H,1H3. The van der Waals surface area contributed by atoms with Crippen LogP contribution in [0.4, 0.5) is 5.69 Å². The maximum absolute atomic E-state index is 13.9. The number of aryl methyl sites for hydroxylation is 1. The molecule has 0 aromatic heterocycles. The van der Waals surface area contributed by atoms with E-state index in [-0.39, 0.29) is 17.7 Å². The zero-order valence-electron chi connectivity index (χ0n) is 16.7. The fourth-order valence-corrected chi connectivity index (χ4v) is 6.78. The molecule has 1 heterocycles. The van der Waals surface area contributed by atoms with Crippen molar-refractivity contribution in [3.8, 4) is 0 Å². The van der Waals surface area contributed by atoms with Gasteiger partial charge in [0.1, 0.15) is 6.29 Å². The second-order valence-electron chi connectivity index (χ2n) is 8.59. The fourth-order valence-electron chi connectivity index (χ4n) is 6.14. The number of rotatable bonds is 2. The smallest absolute Gasteiger partial charge is 0.239 e. The molecule has 5 heteroatoms. The normalized spacial score (nSPS) is 27.7. The molecule has 1 aliphatic heterocycles. The highest BCUT2D eigenvalue weighted by atomic mass is 127. The van der Waals surface area contributed by atoms with Gasteiger partial charge in [0.15, 0.2) is 0 Å². The molecule has 3 aromatic rings. The van der Waals surface area contributed by atoms with Gasteiger partial charge in [-0.15, -0.1) is 0 Å². The predicted molar refractivity (Wildman–Crippen MR) is 125 cm³/mol. The fraction of sp³-hybridized carbons (Fsp3) is 0.192. The van der Waals surface area contributed by atoms with Crippen molar-refractivity contribution in [2.75, 3.05) is 4.90 Å². The highest BCUT2D eigenvalue weighted by Crippen LogP contribution is 2.63. The number of amides is 2. The third-order valence-corrected chi connectivity index (χ3v) is 7.94.